The predicted octanol–water partition coefficient (Wildman–Crippen LogP) is -0.0884. The van der Waals surface area contributed by atoms with Crippen LogP contribution in [0, 0.1) is 0 Å². The number of amides is 3. The second-order valence-corrected chi connectivity index (χ2v) is 3.02. The summed E-state index contributed by atoms with van der Waals surface area (Å²) in [6.07, 6.45) is 0. The van der Waals surface area contributed by atoms with Crippen molar-refractivity contribution in [3.8, 4) is 0 Å². The second kappa shape index (κ2) is 5.40. The van der Waals surface area contributed by atoms with E-state index in [4.69, 9.17) is 5.73 Å². The summed E-state index contributed by atoms with van der Waals surface area (Å²) in [6.45, 7) is 5.99. The van der Waals surface area contributed by atoms with E-state index >= 15 is 0 Å². The van der Waals surface area contributed by atoms with E-state index < -0.39 is 5.91 Å². The van der Waals surface area contributed by atoms with Gasteiger partial charge in [-0.25, -0.2) is 4.79 Å². The third-order valence-electron chi connectivity index (χ3n) is 1.54. The molecule has 0 aromatic heterocycles. The summed E-state index contributed by atoms with van der Waals surface area (Å²) in [5, 5.41) is 2.61. The molecule has 0 unspecified atom stereocenters. The van der Waals surface area contributed by atoms with E-state index in [1.54, 1.807) is 0 Å². The fourth-order valence-electron chi connectivity index (χ4n) is 0.910. The standard InChI is InChI=1S/C8H17N3O2/c1-4-10-8(13)11(6(2)3)5-7(9)12/h6H,4-5H2,1-3H3,(H2,9,12)(H,10,13). The number of primary amides is 1. The Morgan fingerprint density at radius 3 is 2.31 bits per heavy atom. The predicted molar refractivity (Wildman–Crippen MR) is 50.1 cm³/mol. The molecule has 0 spiro atoms. The Kier molecular flexibility index (Phi) is 4.87. The summed E-state index contributed by atoms with van der Waals surface area (Å²) >= 11 is 0. The van der Waals surface area contributed by atoms with Crippen LogP contribution in [0.25, 0.3) is 0 Å². The van der Waals surface area contributed by atoms with Gasteiger partial charge in [0.2, 0.25) is 5.91 Å². The van der Waals surface area contributed by atoms with Gasteiger partial charge in [-0.2, -0.15) is 0 Å². The maximum Gasteiger partial charge on any atom is 0.318 e. The van der Waals surface area contributed by atoms with Crippen LogP contribution < -0.4 is 11.1 Å². The molecule has 0 saturated carbocycles. The molecular weight excluding hydrogens is 170 g/mol. The van der Waals surface area contributed by atoms with Gasteiger partial charge in [0.1, 0.15) is 6.54 Å². The molecule has 0 aliphatic rings. The van der Waals surface area contributed by atoms with Gasteiger partial charge in [-0.1, -0.05) is 0 Å². The molecule has 0 aromatic carbocycles. The summed E-state index contributed by atoms with van der Waals surface area (Å²) < 4.78 is 0. The summed E-state index contributed by atoms with van der Waals surface area (Å²) in [6, 6.07) is -0.282. The first-order chi connectivity index (χ1) is 5.99. The Morgan fingerprint density at radius 2 is 2.00 bits per heavy atom. The van der Waals surface area contributed by atoms with Crippen molar-refractivity contribution in [1.29, 1.82) is 0 Å². The molecule has 3 amide bonds. The van der Waals surface area contributed by atoms with Crippen LogP contribution >= 0.6 is 0 Å². The maximum absolute atomic E-state index is 11.3. The number of hydrogen-bond donors (Lipinski definition) is 2. The number of nitrogens with one attached hydrogen (secondary N) is 1. The van der Waals surface area contributed by atoms with Crippen LogP contribution in [0.5, 0.6) is 0 Å². The minimum absolute atomic E-state index is 0.0287. The van der Waals surface area contributed by atoms with E-state index in [2.05, 4.69) is 5.32 Å². The van der Waals surface area contributed by atoms with Crippen molar-refractivity contribution in [2.24, 2.45) is 5.73 Å². The average molecular weight is 187 g/mol. The molecule has 76 valence electrons. The Morgan fingerprint density at radius 1 is 1.46 bits per heavy atom. The van der Waals surface area contributed by atoms with E-state index in [0.29, 0.717) is 6.54 Å². The van der Waals surface area contributed by atoms with Gasteiger partial charge in [-0.3, -0.25) is 4.79 Å². The topological polar surface area (TPSA) is 75.4 Å². The molecule has 0 heterocycles. The largest absolute Gasteiger partial charge is 0.368 e. The summed E-state index contributed by atoms with van der Waals surface area (Å²) in [4.78, 5) is 23.3. The Balaban J connectivity index is 4.24. The molecule has 0 atom stereocenters. The van der Waals surface area contributed by atoms with Crippen LogP contribution in [0.3, 0.4) is 0 Å². The van der Waals surface area contributed by atoms with Gasteiger partial charge in [0, 0.05) is 12.6 Å². The fraction of sp³-hybridized carbons (Fsp3) is 0.750. The molecule has 3 N–H and O–H groups in total. The third-order valence-corrected chi connectivity index (χ3v) is 1.54. The normalized spacial score (nSPS) is 9.85. The lowest BCUT2D eigenvalue weighted by Crippen LogP contribution is -2.47. The first-order valence-electron chi connectivity index (χ1n) is 4.31. The number of nitrogens with two attached hydrogens (primary N) is 1. The van der Waals surface area contributed by atoms with Gasteiger partial charge in [0.05, 0.1) is 0 Å². The Labute approximate surface area is 78.3 Å². The minimum Gasteiger partial charge on any atom is -0.368 e. The Hall–Kier alpha value is -1.26. The van der Waals surface area contributed by atoms with Crippen molar-refractivity contribution in [3.63, 3.8) is 0 Å². The third kappa shape index (κ3) is 4.35. The van der Waals surface area contributed by atoms with Crippen molar-refractivity contribution in [2.75, 3.05) is 13.1 Å². The van der Waals surface area contributed by atoms with Crippen molar-refractivity contribution >= 4 is 11.9 Å². The van der Waals surface area contributed by atoms with Crippen LogP contribution in [0.4, 0.5) is 4.79 Å². The van der Waals surface area contributed by atoms with E-state index in [1.165, 1.54) is 4.90 Å². The number of nitrogens with zero attached hydrogens (tertiary/aromatic N) is 1. The first-order valence-corrected chi connectivity index (χ1v) is 4.31. The SMILES string of the molecule is CCNC(=O)N(CC(N)=O)C(C)C. The molecular formula is C8H17N3O2. The highest BCUT2D eigenvalue weighted by Crippen LogP contribution is 1.97. The molecule has 0 aliphatic heterocycles. The zero-order valence-electron chi connectivity index (χ0n) is 8.33. The number of carbonyl (C=O) groups is 2. The van der Waals surface area contributed by atoms with E-state index in [0.717, 1.165) is 0 Å². The van der Waals surface area contributed by atoms with E-state index in [1.807, 2.05) is 20.8 Å². The van der Waals surface area contributed by atoms with Crippen LogP contribution in [0.15, 0.2) is 0 Å². The summed E-state index contributed by atoms with van der Waals surface area (Å²) in [7, 11) is 0. The highest BCUT2D eigenvalue weighted by Gasteiger charge is 2.17. The van der Waals surface area contributed by atoms with E-state index in [9.17, 15) is 9.59 Å². The molecule has 0 fully saturated rings. The van der Waals surface area contributed by atoms with Gasteiger partial charge in [0.15, 0.2) is 0 Å². The zero-order valence-corrected chi connectivity index (χ0v) is 8.33. The number of rotatable bonds is 4. The van der Waals surface area contributed by atoms with Crippen molar-refractivity contribution in [3.05, 3.63) is 0 Å². The molecule has 0 saturated heterocycles. The molecule has 0 aliphatic carbocycles. The molecule has 5 nitrogen and oxygen atoms in total. The number of hydrogen-bond acceptors (Lipinski definition) is 2. The highest BCUT2D eigenvalue weighted by molar-refractivity contribution is 5.83. The summed E-state index contributed by atoms with van der Waals surface area (Å²) in [5.41, 5.74) is 5.00. The lowest BCUT2D eigenvalue weighted by molar-refractivity contribution is -0.118. The van der Waals surface area contributed by atoms with Crippen molar-refractivity contribution in [1.82, 2.24) is 10.2 Å². The van der Waals surface area contributed by atoms with Gasteiger partial charge >= 0.3 is 6.03 Å². The van der Waals surface area contributed by atoms with Crippen LogP contribution in [-0.2, 0) is 4.79 Å². The van der Waals surface area contributed by atoms with Gasteiger partial charge in [-0.15, -0.1) is 0 Å². The van der Waals surface area contributed by atoms with Crippen LogP contribution in [-0.4, -0.2) is 36.0 Å². The van der Waals surface area contributed by atoms with Gasteiger partial charge in [-0.05, 0) is 20.8 Å². The average Bonchev–Trinajstić information content (AvgIpc) is 1.99. The molecule has 0 aromatic rings. The van der Waals surface area contributed by atoms with Crippen molar-refractivity contribution < 1.29 is 9.59 Å². The second-order valence-electron chi connectivity index (χ2n) is 3.02. The van der Waals surface area contributed by atoms with Gasteiger partial charge < -0.3 is 16.0 Å². The monoisotopic (exact) mass is 187 g/mol. The minimum atomic E-state index is -0.500. The van der Waals surface area contributed by atoms with E-state index in [-0.39, 0.29) is 18.6 Å². The van der Waals surface area contributed by atoms with Crippen LogP contribution in [0.1, 0.15) is 20.8 Å². The molecule has 0 radical (unpaired) electrons. The number of urea groups is 1. The molecule has 0 rings (SSSR count). The number of carbonyl (C=O) groups excluding carboxylic acids is 2. The van der Waals surface area contributed by atoms with Crippen LogP contribution in [0.2, 0.25) is 0 Å². The highest BCUT2D eigenvalue weighted by atomic mass is 16.2. The molecule has 0 bridgehead atoms. The quantitative estimate of drug-likeness (QED) is 0.645. The van der Waals surface area contributed by atoms with Gasteiger partial charge in [0.25, 0.3) is 0 Å². The lowest BCUT2D eigenvalue weighted by Gasteiger charge is -2.25. The lowest BCUT2D eigenvalue weighted by atomic mass is 10.3. The smallest absolute Gasteiger partial charge is 0.318 e. The molecule has 5 heteroatoms. The first kappa shape index (κ1) is 11.7. The Bertz CT molecular complexity index is 192. The molecule has 13 heavy (non-hydrogen) atoms. The zero-order chi connectivity index (χ0) is 10.4. The van der Waals surface area contributed by atoms with Crippen molar-refractivity contribution in [2.45, 2.75) is 26.8 Å². The summed E-state index contributed by atoms with van der Waals surface area (Å²) in [5.74, 6) is -0.500. The fourth-order valence-corrected chi connectivity index (χ4v) is 0.910. The maximum atomic E-state index is 11.3.